The number of likely N-dealkylation sites (tertiary alicyclic amines) is 2. The van der Waals surface area contributed by atoms with Gasteiger partial charge in [-0.05, 0) is 37.8 Å². The molecule has 3 aliphatic heterocycles. The highest BCUT2D eigenvalue weighted by atomic mass is 16.5. The summed E-state index contributed by atoms with van der Waals surface area (Å²) in [6, 6.07) is 9.44. The van der Waals surface area contributed by atoms with Crippen molar-refractivity contribution in [3.8, 4) is 0 Å². The van der Waals surface area contributed by atoms with Gasteiger partial charge < -0.3 is 19.4 Å². The third-order valence-corrected chi connectivity index (χ3v) is 7.04. The lowest BCUT2D eigenvalue weighted by Crippen LogP contribution is -2.48. The fraction of sp³-hybridized carbons (Fsp3) is 0.583. The molecule has 1 aromatic rings. The molecule has 3 saturated heterocycles. The van der Waals surface area contributed by atoms with Crippen molar-refractivity contribution in [1.29, 1.82) is 0 Å². The number of hydrogen-bond acceptors (Lipinski definition) is 5. The fourth-order valence-corrected chi connectivity index (χ4v) is 5.10. The summed E-state index contributed by atoms with van der Waals surface area (Å²) in [6.45, 7) is 2.66. The van der Waals surface area contributed by atoms with Crippen LogP contribution in [0.25, 0.3) is 0 Å². The van der Waals surface area contributed by atoms with Gasteiger partial charge in [-0.25, -0.2) is 0 Å². The van der Waals surface area contributed by atoms with E-state index in [9.17, 15) is 19.2 Å². The van der Waals surface area contributed by atoms with Crippen LogP contribution in [-0.2, 0) is 23.9 Å². The lowest BCUT2D eigenvalue weighted by Gasteiger charge is -2.37. The van der Waals surface area contributed by atoms with Gasteiger partial charge in [0.05, 0.1) is 18.9 Å². The van der Waals surface area contributed by atoms with E-state index in [2.05, 4.69) is 0 Å². The van der Waals surface area contributed by atoms with Gasteiger partial charge in [-0.15, -0.1) is 0 Å². The maximum Gasteiger partial charge on any atom is 0.308 e. The van der Waals surface area contributed by atoms with Crippen molar-refractivity contribution in [3.05, 3.63) is 30.3 Å². The van der Waals surface area contributed by atoms with Gasteiger partial charge in [0.1, 0.15) is 0 Å². The first-order chi connectivity index (χ1) is 15.5. The van der Waals surface area contributed by atoms with Crippen LogP contribution in [0.15, 0.2) is 30.3 Å². The third-order valence-electron chi connectivity index (χ3n) is 7.04. The predicted molar refractivity (Wildman–Crippen MR) is 118 cm³/mol. The van der Waals surface area contributed by atoms with Crippen LogP contribution in [0.1, 0.15) is 32.1 Å². The summed E-state index contributed by atoms with van der Waals surface area (Å²) in [4.78, 5) is 55.5. The van der Waals surface area contributed by atoms with E-state index >= 15 is 0 Å². The molecule has 1 atom stereocenters. The maximum atomic E-state index is 13.0. The lowest BCUT2D eigenvalue weighted by atomic mass is 9.91. The molecule has 1 unspecified atom stereocenters. The van der Waals surface area contributed by atoms with Crippen molar-refractivity contribution < 1.29 is 23.9 Å². The second kappa shape index (κ2) is 9.71. The number of methoxy groups -OCH3 is 1. The smallest absolute Gasteiger partial charge is 0.308 e. The van der Waals surface area contributed by atoms with E-state index in [1.165, 1.54) is 7.11 Å². The summed E-state index contributed by atoms with van der Waals surface area (Å²) in [5.74, 6) is -0.594. The molecule has 172 valence electrons. The highest BCUT2D eigenvalue weighted by Crippen LogP contribution is 2.29. The normalized spacial score (nSPS) is 22.8. The number of piperidine rings is 2. The first-order valence-corrected chi connectivity index (χ1v) is 11.5. The molecule has 1 aromatic carbocycles. The largest absolute Gasteiger partial charge is 0.469 e. The van der Waals surface area contributed by atoms with Gasteiger partial charge in [0, 0.05) is 50.7 Å². The molecular formula is C24H31N3O5. The molecule has 4 rings (SSSR count). The van der Waals surface area contributed by atoms with Gasteiger partial charge in [0.15, 0.2) is 0 Å². The monoisotopic (exact) mass is 441 g/mol. The van der Waals surface area contributed by atoms with Gasteiger partial charge in [-0.3, -0.25) is 19.2 Å². The molecule has 3 aliphatic rings. The minimum atomic E-state index is -0.327. The number of ether oxygens (including phenoxy) is 1. The molecule has 0 saturated carbocycles. The molecule has 3 heterocycles. The number of rotatable bonds is 4. The Balaban J connectivity index is 1.26. The van der Waals surface area contributed by atoms with E-state index in [4.69, 9.17) is 4.74 Å². The standard InChI is InChI=1S/C24H31N3O5/c1-32-24(31)18-9-13-25(14-10-18)22(29)17-7-11-26(12-8-17)23(30)19-15-21(28)27(16-19)20-5-3-2-4-6-20/h2-6,17-19H,7-16H2,1H3. The molecule has 3 fully saturated rings. The molecule has 0 bridgehead atoms. The molecule has 8 nitrogen and oxygen atoms in total. The Hall–Kier alpha value is -2.90. The topological polar surface area (TPSA) is 87.2 Å². The van der Waals surface area contributed by atoms with Crippen molar-refractivity contribution in [1.82, 2.24) is 9.80 Å². The number of para-hydroxylation sites is 1. The first kappa shape index (κ1) is 22.3. The Bertz CT molecular complexity index is 858. The second-order valence-electron chi connectivity index (χ2n) is 8.96. The highest BCUT2D eigenvalue weighted by Gasteiger charge is 2.39. The zero-order valence-electron chi connectivity index (χ0n) is 18.6. The van der Waals surface area contributed by atoms with Gasteiger partial charge in [-0.2, -0.15) is 0 Å². The van der Waals surface area contributed by atoms with Crippen LogP contribution >= 0.6 is 0 Å². The van der Waals surface area contributed by atoms with Crippen molar-refractivity contribution in [3.63, 3.8) is 0 Å². The Morgan fingerprint density at radius 2 is 1.34 bits per heavy atom. The van der Waals surface area contributed by atoms with E-state index in [1.54, 1.807) is 4.90 Å². The maximum absolute atomic E-state index is 13.0. The second-order valence-corrected chi connectivity index (χ2v) is 8.96. The summed E-state index contributed by atoms with van der Waals surface area (Å²) in [5, 5.41) is 0. The molecule has 8 heteroatoms. The first-order valence-electron chi connectivity index (χ1n) is 11.5. The quantitative estimate of drug-likeness (QED) is 0.664. The number of anilines is 1. The zero-order valence-corrected chi connectivity index (χ0v) is 18.6. The number of esters is 1. The molecule has 32 heavy (non-hydrogen) atoms. The van der Waals surface area contributed by atoms with Crippen molar-refractivity contribution >= 4 is 29.4 Å². The van der Waals surface area contributed by atoms with Crippen LogP contribution in [0.4, 0.5) is 5.69 Å². The van der Waals surface area contributed by atoms with Gasteiger partial charge >= 0.3 is 5.97 Å². The minimum Gasteiger partial charge on any atom is -0.469 e. The molecule has 0 spiro atoms. The summed E-state index contributed by atoms with van der Waals surface area (Å²) in [7, 11) is 1.40. The van der Waals surface area contributed by atoms with Crippen LogP contribution in [0, 0.1) is 17.8 Å². The SMILES string of the molecule is COC(=O)C1CCN(C(=O)C2CCN(C(=O)C3CC(=O)N(c4ccccc4)C3)CC2)CC1. The van der Waals surface area contributed by atoms with Gasteiger partial charge in [0.2, 0.25) is 17.7 Å². The van der Waals surface area contributed by atoms with Crippen molar-refractivity contribution in [2.45, 2.75) is 32.1 Å². The summed E-state index contributed by atoms with van der Waals surface area (Å²) < 4.78 is 4.81. The van der Waals surface area contributed by atoms with Gasteiger partial charge in [-0.1, -0.05) is 18.2 Å². The Morgan fingerprint density at radius 3 is 1.91 bits per heavy atom. The fourth-order valence-electron chi connectivity index (χ4n) is 5.10. The average molecular weight is 442 g/mol. The van der Waals surface area contributed by atoms with E-state index in [1.807, 2.05) is 40.1 Å². The Morgan fingerprint density at radius 1 is 0.812 bits per heavy atom. The van der Waals surface area contributed by atoms with Crippen LogP contribution in [0.5, 0.6) is 0 Å². The minimum absolute atomic E-state index is 0.0153. The molecule has 0 aliphatic carbocycles. The molecular weight excluding hydrogens is 410 g/mol. The highest BCUT2D eigenvalue weighted by molar-refractivity contribution is 6.00. The van der Waals surface area contributed by atoms with E-state index in [0.29, 0.717) is 58.4 Å². The van der Waals surface area contributed by atoms with Crippen molar-refractivity contribution in [2.75, 3.05) is 44.7 Å². The number of nitrogens with zero attached hydrogens (tertiary/aromatic N) is 3. The number of carbonyl (C=O) groups is 4. The van der Waals surface area contributed by atoms with Crippen LogP contribution in [0.2, 0.25) is 0 Å². The number of benzene rings is 1. The number of amides is 3. The van der Waals surface area contributed by atoms with E-state index in [0.717, 1.165) is 5.69 Å². The summed E-state index contributed by atoms with van der Waals surface area (Å²) >= 11 is 0. The van der Waals surface area contributed by atoms with Crippen LogP contribution in [-0.4, -0.2) is 73.3 Å². The van der Waals surface area contributed by atoms with Crippen LogP contribution < -0.4 is 4.90 Å². The molecule has 3 amide bonds. The lowest BCUT2D eigenvalue weighted by molar-refractivity contribution is -0.150. The Kier molecular flexibility index (Phi) is 6.77. The average Bonchev–Trinajstić information content (AvgIpc) is 3.25. The zero-order chi connectivity index (χ0) is 22.7. The predicted octanol–water partition coefficient (Wildman–Crippen LogP) is 1.69. The molecule has 0 N–H and O–H groups in total. The van der Waals surface area contributed by atoms with Crippen molar-refractivity contribution in [2.24, 2.45) is 17.8 Å². The Labute approximate surface area is 188 Å². The summed E-state index contributed by atoms with van der Waals surface area (Å²) in [6.07, 6.45) is 2.81. The third kappa shape index (κ3) is 4.64. The summed E-state index contributed by atoms with van der Waals surface area (Å²) in [5.41, 5.74) is 0.827. The van der Waals surface area contributed by atoms with Gasteiger partial charge in [0.25, 0.3) is 0 Å². The van der Waals surface area contributed by atoms with E-state index < -0.39 is 0 Å². The molecule has 0 aromatic heterocycles. The van der Waals surface area contributed by atoms with E-state index in [-0.39, 0.29) is 47.9 Å². The number of hydrogen-bond donors (Lipinski definition) is 0. The number of carbonyl (C=O) groups excluding carboxylic acids is 4. The molecule has 0 radical (unpaired) electrons. The van der Waals surface area contributed by atoms with Crippen LogP contribution in [0.3, 0.4) is 0 Å².